The standard InChI is InChI=1S/C24H26N6.C14H14ClN5.C10H13N/c1-15-7-6-8-16(2)21(15)27-22-20-14-25-24(28-23(20)30(3)29-22)26-19-12-11-17-9-4-5-10-18(17)13-19;1-8-5-4-6-9(2)11(8)17-12-10-7-16-14(15)18-13(10)20(3)19-12;11-10-6-5-8-3-1-2-4-9(8)7-10/h6-8,11-14H,4-5,9-10H2,1-3H3,(H,27,29)(H,25,26,28);4-7H,1-3H3,(H,17,19);5-7H,1-4,11H2. The van der Waals surface area contributed by atoms with E-state index in [9.17, 15) is 0 Å². The summed E-state index contributed by atoms with van der Waals surface area (Å²) in [7, 11) is 3.75. The van der Waals surface area contributed by atoms with Gasteiger partial charge in [-0.1, -0.05) is 48.5 Å². The molecule has 0 aliphatic heterocycles. The molecule has 0 saturated heterocycles. The highest BCUT2D eigenvalue weighted by Gasteiger charge is 2.16. The minimum absolute atomic E-state index is 0.221. The van der Waals surface area contributed by atoms with Crippen LogP contribution in [-0.4, -0.2) is 39.5 Å². The molecule has 0 unspecified atom stereocenters. The second kappa shape index (κ2) is 18.0. The Morgan fingerprint density at radius 1 is 0.557 bits per heavy atom. The highest BCUT2D eigenvalue weighted by Crippen LogP contribution is 2.31. The van der Waals surface area contributed by atoms with Gasteiger partial charge in [0, 0.05) is 49.2 Å². The van der Waals surface area contributed by atoms with Gasteiger partial charge in [-0.15, -0.1) is 0 Å². The number of nitrogens with one attached hydrogen (secondary N) is 3. The predicted octanol–water partition coefficient (Wildman–Crippen LogP) is 10.9. The predicted molar refractivity (Wildman–Crippen MR) is 250 cm³/mol. The van der Waals surface area contributed by atoms with E-state index in [4.69, 9.17) is 22.3 Å². The van der Waals surface area contributed by atoms with Crippen molar-refractivity contribution >= 4 is 74.0 Å². The van der Waals surface area contributed by atoms with E-state index >= 15 is 0 Å². The van der Waals surface area contributed by atoms with Gasteiger partial charge in [0.15, 0.2) is 22.9 Å². The molecule has 0 spiro atoms. The molecule has 0 amide bonds. The summed E-state index contributed by atoms with van der Waals surface area (Å²) in [6.45, 7) is 8.32. The van der Waals surface area contributed by atoms with E-state index < -0.39 is 0 Å². The van der Waals surface area contributed by atoms with Crippen LogP contribution in [0.1, 0.15) is 70.2 Å². The molecule has 312 valence electrons. The number of halogens is 1. The summed E-state index contributed by atoms with van der Waals surface area (Å²) in [6.07, 6.45) is 13.6. The van der Waals surface area contributed by atoms with Crippen molar-refractivity contribution in [3.05, 3.63) is 135 Å². The molecule has 12 nitrogen and oxygen atoms in total. The van der Waals surface area contributed by atoms with Crippen molar-refractivity contribution in [2.24, 2.45) is 14.1 Å². The number of rotatable bonds is 6. The Balaban J connectivity index is 0.000000142. The lowest BCUT2D eigenvalue weighted by atomic mass is 9.91. The largest absolute Gasteiger partial charge is 0.399 e. The van der Waals surface area contributed by atoms with E-state index in [1.807, 2.05) is 32.4 Å². The second-order valence-corrected chi connectivity index (χ2v) is 16.4. The minimum Gasteiger partial charge on any atom is -0.399 e. The van der Waals surface area contributed by atoms with E-state index in [0.717, 1.165) is 57.2 Å². The number of hydrogen-bond acceptors (Lipinski definition) is 10. The third kappa shape index (κ3) is 9.29. The van der Waals surface area contributed by atoms with Crippen LogP contribution in [-0.2, 0) is 39.8 Å². The number of nitrogens with two attached hydrogens (primary N) is 1. The molecule has 4 aromatic heterocycles. The highest BCUT2D eigenvalue weighted by molar-refractivity contribution is 6.28. The van der Waals surface area contributed by atoms with Gasteiger partial charge in [0.2, 0.25) is 11.2 Å². The van der Waals surface area contributed by atoms with Gasteiger partial charge in [0.25, 0.3) is 0 Å². The van der Waals surface area contributed by atoms with Crippen molar-refractivity contribution in [2.45, 2.75) is 79.1 Å². The first-order valence-corrected chi connectivity index (χ1v) is 21.4. The first-order valence-electron chi connectivity index (χ1n) is 21.0. The van der Waals surface area contributed by atoms with Crippen LogP contribution in [0.3, 0.4) is 0 Å². The van der Waals surface area contributed by atoms with Gasteiger partial charge in [-0.3, -0.25) is 0 Å². The third-order valence-electron chi connectivity index (χ3n) is 11.6. The van der Waals surface area contributed by atoms with Gasteiger partial charge in [-0.05, 0) is 159 Å². The van der Waals surface area contributed by atoms with Crippen LogP contribution in [0.15, 0.2) is 85.2 Å². The molecule has 0 fully saturated rings. The fourth-order valence-electron chi connectivity index (χ4n) is 8.25. The van der Waals surface area contributed by atoms with Gasteiger partial charge >= 0.3 is 0 Å². The van der Waals surface area contributed by atoms with E-state index in [2.05, 4.69) is 129 Å². The molecule has 5 N–H and O–H groups in total. The first kappa shape index (κ1) is 41.2. The molecule has 2 aliphatic rings. The van der Waals surface area contributed by atoms with Crippen LogP contribution in [0, 0.1) is 27.7 Å². The van der Waals surface area contributed by atoms with Gasteiger partial charge in [-0.2, -0.15) is 20.2 Å². The minimum atomic E-state index is 0.221. The van der Waals surface area contributed by atoms with E-state index in [-0.39, 0.29) is 5.28 Å². The van der Waals surface area contributed by atoms with Crippen LogP contribution < -0.4 is 21.7 Å². The van der Waals surface area contributed by atoms with Gasteiger partial charge in [0.1, 0.15) is 0 Å². The van der Waals surface area contributed by atoms with Crippen molar-refractivity contribution in [1.29, 1.82) is 0 Å². The Hall–Kier alpha value is -6.53. The Kier molecular flexibility index (Phi) is 12.2. The molecule has 4 aromatic carbocycles. The van der Waals surface area contributed by atoms with Crippen LogP contribution >= 0.6 is 11.6 Å². The van der Waals surface area contributed by atoms with E-state index in [1.54, 1.807) is 15.6 Å². The summed E-state index contributed by atoms with van der Waals surface area (Å²) < 4.78 is 3.49. The Bertz CT molecular complexity index is 2820. The van der Waals surface area contributed by atoms with Crippen molar-refractivity contribution in [3.63, 3.8) is 0 Å². The number of aromatic nitrogens is 8. The molecular weight excluding hydrogens is 780 g/mol. The van der Waals surface area contributed by atoms with Crippen LogP contribution in [0.25, 0.3) is 22.1 Å². The average molecular weight is 833 g/mol. The lowest BCUT2D eigenvalue weighted by Crippen LogP contribution is -2.04. The van der Waals surface area contributed by atoms with E-state index in [1.165, 1.54) is 89.5 Å². The molecule has 2 aliphatic carbocycles. The topological polar surface area (TPSA) is 149 Å². The molecule has 0 bridgehead atoms. The maximum Gasteiger partial charge on any atom is 0.229 e. The fourth-order valence-corrected chi connectivity index (χ4v) is 8.38. The molecule has 13 heteroatoms. The molecule has 4 heterocycles. The zero-order valence-electron chi connectivity index (χ0n) is 35.8. The Morgan fingerprint density at radius 2 is 1.03 bits per heavy atom. The molecule has 0 radical (unpaired) electrons. The van der Waals surface area contributed by atoms with Crippen LogP contribution in [0.5, 0.6) is 0 Å². The molecule has 0 atom stereocenters. The maximum atomic E-state index is 5.83. The van der Waals surface area contributed by atoms with Crippen molar-refractivity contribution in [3.8, 4) is 0 Å². The summed E-state index contributed by atoms with van der Waals surface area (Å²) in [5.41, 5.74) is 21.8. The maximum absolute atomic E-state index is 5.83. The molecular formula is C48H53ClN12. The molecule has 8 aromatic rings. The van der Waals surface area contributed by atoms with Crippen molar-refractivity contribution < 1.29 is 0 Å². The summed E-state index contributed by atoms with van der Waals surface area (Å²) in [6, 6.07) is 25.3. The number of hydrogen-bond donors (Lipinski definition) is 4. The number of fused-ring (bicyclic) bond motifs is 4. The summed E-state index contributed by atoms with van der Waals surface area (Å²) in [5, 5.41) is 21.3. The number of nitrogen functional groups attached to an aromatic ring is 1. The Labute approximate surface area is 362 Å². The summed E-state index contributed by atoms with van der Waals surface area (Å²) in [5.74, 6) is 2.08. The second-order valence-electron chi connectivity index (χ2n) is 16.1. The first-order chi connectivity index (χ1) is 29.5. The number of aryl methyl sites for hydroxylation is 10. The Morgan fingerprint density at radius 3 is 1.59 bits per heavy atom. The fraction of sp³-hybridized carbons (Fsp3) is 0.292. The molecule has 10 rings (SSSR count). The zero-order chi connectivity index (χ0) is 42.6. The summed E-state index contributed by atoms with van der Waals surface area (Å²) in [4.78, 5) is 17.5. The molecule has 0 saturated carbocycles. The lowest BCUT2D eigenvalue weighted by Gasteiger charge is -2.16. The monoisotopic (exact) mass is 832 g/mol. The van der Waals surface area contributed by atoms with Crippen molar-refractivity contribution in [2.75, 3.05) is 21.7 Å². The van der Waals surface area contributed by atoms with Crippen LogP contribution in [0.4, 0.5) is 40.3 Å². The van der Waals surface area contributed by atoms with Gasteiger partial charge in [-0.25, -0.2) is 19.3 Å². The number of benzene rings is 4. The van der Waals surface area contributed by atoms with Crippen molar-refractivity contribution in [1.82, 2.24) is 39.5 Å². The third-order valence-corrected chi connectivity index (χ3v) is 11.7. The number of para-hydroxylation sites is 2. The lowest BCUT2D eigenvalue weighted by molar-refractivity contribution is 0.686. The number of anilines is 7. The smallest absolute Gasteiger partial charge is 0.229 e. The quantitative estimate of drug-likeness (QED) is 0.0942. The van der Waals surface area contributed by atoms with Crippen LogP contribution in [0.2, 0.25) is 5.28 Å². The van der Waals surface area contributed by atoms with Gasteiger partial charge < -0.3 is 21.7 Å². The average Bonchev–Trinajstić information content (AvgIpc) is 3.74. The zero-order valence-corrected chi connectivity index (χ0v) is 36.5. The number of nitrogens with zero attached hydrogens (tertiary/aromatic N) is 8. The van der Waals surface area contributed by atoms with Gasteiger partial charge in [0.05, 0.1) is 10.8 Å². The summed E-state index contributed by atoms with van der Waals surface area (Å²) >= 11 is 5.83. The van der Waals surface area contributed by atoms with E-state index in [0.29, 0.717) is 11.6 Å². The SMILES string of the molecule is Cc1cccc(C)c1Nc1nn(C)c2nc(Cl)ncc12.Cc1cccc(C)c1Nc1nn(C)c2nc(Nc3ccc4c(c3)CCCC4)ncc12.Nc1ccc2c(c1)CCCC2. The molecule has 61 heavy (non-hydrogen) atoms. The highest BCUT2D eigenvalue weighted by atomic mass is 35.5. The normalized spacial score (nSPS) is 13.0.